The summed E-state index contributed by atoms with van der Waals surface area (Å²) in [4.78, 5) is 23.5. The minimum atomic E-state index is 0.243. The SMILES string of the molecule is CCCCCCN=C1C[C@@H](C[C@H](C)SCC)CC(=O)C1=C(CCC)NOCC. The lowest BCUT2D eigenvalue weighted by molar-refractivity contribution is -0.116. The molecule has 0 aliphatic heterocycles. The van der Waals surface area contributed by atoms with Crippen LogP contribution in [0.15, 0.2) is 16.3 Å². The van der Waals surface area contributed by atoms with Crippen LogP contribution in [0.25, 0.3) is 0 Å². The van der Waals surface area contributed by atoms with Crippen LogP contribution in [0.3, 0.4) is 0 Å². The molecule has 0 aromatic rings. The first-order valence-electron chi connectivity index (χ1n) is 11.4. The van der Waals surface area contributed by atoms with Gasteiger partial charge in [0, 0.05) is 23.9 Å². The second kappa shape index (κ2) is 15.1. The molecule has 1 N–H and O–H groups in total. The molecular weight excluding hydrogens is 368 g/mol. The minimum Gasteiger partial charge on any atom is -0.294 e. The van der Waals surface area contributed by atoms with Crippen molar-refractivity contribution in [1.29, 1.82) is 0 Å². The molecule has 28 heavy (non-hydrogen) atoms. The number of allylic oxidation sites excluding steroid dienone is 2. The molecule has 1 aliphatic carbocycles. The van der Waals surface area contributed by atoms with Gasteiger partial charge < -0.3 is 0 Å². The number of hydrogen-bond donors (Lipinski definition) is 1. The number of hydroxylamine groups is 1. The maximum Gasteiger partial charge on any atom is 0.166 e. The second-order valence-electron chi connectivity index (χ2n) is 7.73. The molecule has 0 unspecified atom stereocenters. The smallest absolute Gasteiger partial charge is 0.166 e. The van der Waals surface area contributed by atoms with Gasteiger partial charge in [0.05, 0.1) is 17.9 Å². The van der Waals surface area contributed by atoms with Crippen molar-refractivity contribution in [3.63, 3.8) is 0 Å². The summed E-state index contributed by atoms with van der Waals surface area (Å²) < 4.78 is 0. The van der Waals surface area contributed by atoms with Gasteiger partial charge in [0.1, 0.15) is 0 Å². The quantitative estimate of drug-likeness (QED) is 0.213. The van der Waals surface area contributed by atoms with Crippen LogP contribution >= 0.6 is 11.8 Å². The van der Waals surface area contributed by atoms with Crippen LogP contribution < -0.4 is 5.48 Å². The zero-order chi connectivity index (χ0) is 20.8. The molecule has 5 heteroatoms. The van der Waals surface area contributed by atoms with Crippen LogP contribution in [0.2, 0.25) is 0 Å². The topological polar surface area (TPSA) is 50.7 Å². The maximum atomic E-state index is 13.1. The molecule has 4 nitrogen and oxygen atoms in total. The Labute approximate surface area is 177 Å². The van der Waals surface area contributed by atoms with Crippen molar-refractivity contribution in [2.45, 2.75) is 97.7 Å². The van der Waals surface area contributed by atoms with E-state index in [0.717, 1.165) is 61.4 Å². The van der Waals surface area contributed by atoms with E-state index in [-0.39, 0.29) is 5.78 Å². The zero-order valence-electron chi connectivity index (χ0n) is 18.8. The van der Waals surface area contributed by atoms with Crippen LogP contribution in [0, 0.1) is 5.92 Å². The highest BCUT2D eigenvalue weighted by atomic mass is 32.2. The van der Waals surface area contributed by atoms with Crippen molar-refractivity contribution < 1.29 is 9.63 Å². The van der Waals surface area contributed by atoms with Gasteiger partial charge in [0.25, 0.3) is 0 Å². The Morgan fingerprint density at radius 1 is 1.18 bits per heavy atom. The molecule has 0 radical (unpaired) electrons. The van der Waals surface area contributed by atoms with Crippen LogP contribution in [-0.4, -0.2) is 35.6 Å². The highest BCUT2D eigenvalue weighted by molar-refractivity contribution is 7.99. The highest BCUT2D eigenvalue weighted by Gasteiger charge is 2.32. The number of rotatable bonds is 14. The first-order valence-corrected chi connectivity index (χ1v) is 12.4. The van der Waals surface area contributed by atoms with Gasteiger partial charge in [-0.1, -0.05) is 53.4 Å². The number of thioether (sulfide) groups is 1. The third-order valence-corrected chi connectivity index (χ3v) is 6.19. The van der Waals surface area contributed by atoms with Crippen LogP contribution in [0.5, 0.6) is 0 Å². The summed E-state index contributed by atoms with van der Waals surface area (Å²) in [6.07, 6.45) is 9.26. The lowest BCUT2D eigenvalue weighted by Gasteiger charge is -2.28. The molecule has 0 spiro atoms. The van der Waals surface area contributed by atoms with Gasteiger partial charge >= 0.3 is 0 Å². The Morgan fingerprint density at radius 3 is 2.61 bits per heavy atom. The van der Waals surface area contributed by atoms with E-state index in [9.17, 15) is 4.79 Å². The number of carbonyl (C=O) groups excluding carboxylic acids is 1. The Bertz CT molecular complexity index is 517. The molecule has 0 saturated heterocycles. The molecule has 1 aliphatic rings. The number of unbranched alkanes of at least 4 members (excludes halogenated alkanes) is 3. The molecule has 1 fully saturated rings. The van der Waals surface area contributed by atoms with Crippen molar-refractivity contribution in [1.82, 2.24) is 5.48 Å². The zero-order valence-corrected chi connectivity index (χ0v) is 19.6. The Kier molecular flexibility index (Phi) is 13.6. The molecule has 1 rings (SSSR count). The van der Waals surface area contributed by atoms with E-state index < -0.39 is 0 Å². The van der Waals surface area contributed by atoms with Gasteiger partial charge in [-0.25, -0.2) is 0 Å². The molecule has 0 heterocycles. The van der Waals surface area contributed by atoms with Gasteiger partial charge in [-0.3, -0.25) is 20.1 Å². The molecular formula is C23H42N2O2S. The Balaban J connectivity index is 3.02. The molecule has 2 atom stereocenters. The predicted molar refractivity (Wildman–Crippen MR) is 123 cm³/mol. The van der Waals surface area contributed by atoms with Crippen LogP contribution in [0.1, 0.15) is 92.4 Å². The van der Waals surface area contributed by atoms with E-state index in [2.05, 4.69) is 33.2 Å². The Hall–Kier alpha value is -0.810. The van der Waals surface area contributed by atoms with Crippen molar-refractivity contribution in [3.8, 4) is 0 Å². The predicted octanol–water partition coefficient (Wildman–Crippen LogP) is 6.11. The van der Waals surface area contributed by atoms with Crippen molar-refractivity contribution in [3.05, 3.63) is 11.3 Å². The number of ketones is 1. The number of nitrogens with one attached hydrogen (secondary N) is 1. The normalized spacial score (nSPS) is 21.8. The summed E-state index contributed by atoms with van der Waals surface area (Å²) >= 11 is 1.99. The fourth-order valence-electron chi connectivity index (χ4n) is 3.84. The van der Waals surface area contributed by atoms with Gasteiger partial charge in [0.15, 0.2) is 5.78 Å². The monoisotopic (exact) mass is 410 g/mol. The van der Waals surface area contributed by atoms with E-state index in [4.69, 9.17) is 9.83 Å². The van der Waals surface area contributed by atoms with Crippen molar-refractivity contribution >= 4 is 23.3 Å². The average molecular weight is 411 g/mol. The summed E-state index contributed by atoms with van der Waals surface area (Å²) in [6.45, 7) is 12.2. The molecule has 0 aromatic heterocycles. The maximum absolute atomic E-state index is 13.1. The van der Waals surface area contributed by atoms with E-state index >= 15 is 0 Å². The fourth-order valence-corrected chi connectivity index (χ4v) is 4.81. The number of hydrogen-bond acceptors (Lipinski definition) is 5. The summed E-state index contributed by atoms with van der Waals surface area (Å²) in [5.41, 5.74) is 5.82. The molecule has 0 bridgehead atoms. The fraction of sp³-hybridized carbons (Fsp3) is 0.826. The standard InChI is InChI=1S/C23H42N2O2S/c1-6-10-11-12-14-24-21-16-19(15-18(5)28-9-4)17-22(26)23(21)20(13-7-2)25-27-8-3/h18-19,25H,6-17H2,1-5H3/t18-,19+/m0/s1. The van der Waals surface area contributed by atoms with E-state index in [1.54, 1.807) is 0 Å². The second-order valence-corrected chi connectivity index (χ2v) is 9.44. The van der Waals surface area contributed by atoms with E-state index in [1.807, 2.05) is 18.7 Å². The summed E-state index contributed by atoms with van der Waals surface area (Å²) in [5, 5.41) is 0.593. The van der Waals surface area contributed by atoms with Gasteiger partial charge in [-0.2, -0.15) is 11.8 Å². The first kappa shape index (κ1) is 25.2. The van der Waals surface area contributed by atoms with Crippen molar-refractivity contribution in [2.75, 3.05) is 18.9 Å². The number of aliphatic imine (C=N–C) groups is 1. The van der Waals surface area contributed by atoms with Crippen LogP contribution in [-0.2, 0) is 9.63 Å². The molecule has 0 amide bonds. The lowest BCUT2D eigenvalue weighted by Crippen LogP contribution is -2.32. The Morgan fingerprint density at radius 2 is 1.96 bits per heavy atom. The largest absolute Gasteiger partial charge is 0.294 e. The van der Waals surface area contributed by atoms with E-state index in [0.29, 0.717) is 24.2 Å². The summed E-state index contributed by atoms with van der Waals surface area (Å²) in [7, 11) is 0. The van der Waals surface area contributed by atoms with Gasteiger partial charge in [0.2, 0.25) is 0 Å². The number of Topliss-reactive ketones (excluding diaryl/α,β-unsaturated/α-hetero) is 1. The highest BCUT2D eigenvalue weighted by Crippen LogP contribution is 2.32. The number of carbonyl (C=O) groups is 1. The first-order chi connectivity index (χ1) is 13.6. The summed E-state index contributed by atoms with van der Waals surface area (Å²) in [6, 6.07) is 0. The van der Waals surface area contributed by atoms with Crippen molar-refractivity contribution in [2.24, 2.45) is 10.9 Å². The van der Waals surface area contributed by atoms with Gasteiger partial charge in [-0.15, -0.1) is 0 Å². The van der Waals surface area contributed by atoms with Crippen LogP contribution in [0.4, 0.5) is 0 Å². The molecule has 162 valence electrons. The van der Waals surface area contributed by atoms with E-state index in [1.165, 1.54) is 19.3 Å². The minimum absolute atomic E-state index is 0.243. The molecule has 1 saturated carbocycles. The average Bonchev–Trinajstić information content (AvgIpc) is 2.65. The van der Waals surface area contributed by atoms with Gasteiger partial charge in [-0.05, 0) is 44.3 Å². The third kappa shape index (κ3) is 9.13. The number of nitrogens with zero attached hydrogens (tertiary/aromatic N) is 1. The molecule has 0 aromatic carbocycles. The lowest BCUT2D eigenvalue weighted by atomic mass is 9.79. The summed E-state index contributed by atoms with van der Waals surface area (Å²) in [5.74, 6) is 1.78. The third-order valence-electron chi connectivity index (χ3n) is 5.10.